The number of hydrogen-bond donors (Lipinski definition) is 2. The predicted octanol–water partition coefficient (Wildman–Crippen LogP) is 3.12. The summed E-state index contributed by atoms with van der Waals surface area (Å²) in [6, 6.07) is 10.9. The molecule has 2 aromatic rings. The lowest BCUT2D eigenvalue weighted by atomic mass is 10.1. The smallest absolute Gasteiger partial charge is 0.221 e. The summed E-state index contributed by atoms with van der Waals surface area (Å²) < 4.78 is 2.14. The van der Waals surface area contributed by atoms with Gasteiger partial charge in [0.1, 0.15) is 5.82 Å². The first kappa shape index (κ1) is 22.5. The minimum absolute atomic E-state index is 0. The molecule has 1 aromatic carbocycles. The van der Waals surface area contributed by atoms with Crippen molar-refractivity contribution in [3.05, 3.63) is 54.1 Å². The zero-order valence-electron chi connectivity index (χ0n) is 14.9. The van der Waals surface area contributed by atoms with Gasteiger partial charge < -0.3 is 15.2 Å². The molecule has 0 bridgehead atoms. The van der Waals surface area contributed by atoms with E-state index < -0.39 is 0 Å². The van der Waals surface area contributed by atoms with Gasteiger partial charge in [0.25, 0.3) is 0 Å². The van der Waals surface area contributed by atoms with Gasteiger partial charge in [0.05, 0.1) is 6.54 Å². The van der Waals surface area contributed by atoms with Crippen LogP contribution >= 0.6 is 24.8 Å². The first-order valence-electron chi connectivity index (χ1n) is 8.85. The van der Waals surface area contributed by atoms with Gasteiger partial charge in [0.15, 0.2) is 0 Å². The number of benzene rings is 1. The molecule has 144 valence electrons. The van der Waals surface area contributed by atoms with Gasteiger partial charge in [-0.1, -0.05) is 30.3 Å². The number of imidazole rings is 1. The molecule has 3 rings (SSSR count). The third-order valence-electron chi connectivity index (χ3n) is 4.55. The molecule has 0 aliphatic carbocycles. The van der Waals surface area contributed by atoms with Crippen LogP contribution in [-0.4, -0.2) is 28.0 Å². The van der Waals surface area contributed by atoms with Crippen molar-refractivity contribution in [3.63, 3.8) is 0 Å². The van der Waals surface area contributed by atoms with Gasteiger partial charge >= 0.3 is 0 Å². The second-order valence-electron chi connectivity index (χ2n) is 6.40. The Hall–Kier alpha value is -1.56. The van der Waals surface area contributed by atoms with Crippen LogP contribution in [0.2, 0.25) is 0 Å². The first-order valence-corrected chi connectivity index (χ1v) is 8.85. The zero-order valence-corrected chi connectivity index (χ0v) is 16.5. The van der Waals surface area contributed by atoms with Gasteiger partial charge in [-0.25, -0.2) is 4.98 Å². The molecular weight excluding hydrogens is 371 g/mol. The predicted molar refractivity (Wildman–Crippen MR) is 109 cm³/mol. The van der Waals surface area contributed by atoms with Crippen molar-refractivity contribution in [3.8, 4) is 0 Å². The van der Waals surface area contributed by atoms with E-state index in [-0.39, 0.29) is 30.7 Å². The topological polar surface area (TPSA) is 59.0 Å². The summed E-state index contributed by atoms with van der Waals surface area (Å²) in [6.45, 7) is 2.46. The van der Waals surface area contributed by atoms with Gasteiger partial charge in [-0.3, -0.25) is 4.79 Å². The third kappa shape index (κ3) is 6.98. The van der Waals surface area contributed by atoms with Crippen LogP contribution < -0.4 is 10.6 Å². The summed E-state index contributed by atoms with van der Waals surface area (Å²) in [4.78, 5) is 16.4. The lowest BCUT2D eigenvalue weighted by molar-refractivity contribution is -0.121. The first-order chi connectivity index (χ1) is 11.8. The molecule has 2 N–H and O–H groups in total. The second kappa shape index (κ2) is 11.9. The fraction of sp³-hybridized carbons (Fsp3) is 0.474. The largest absolute Gasteiger partial charge is 0.349 e. The van der Waals surface area contributed by atoms with Gasteiger partial charge in [-0.15, -0.1) is 24.8 Å². The van der Waals surface area contributed by atoms with E-state index in [2.05, 4.69) is 44.5 Å². The molecule has 1 atom stereocenters. The number of hydrogen-bond acceptors (Lipinski definition) is 3. The van der Waals surface area contributed by atoms with Gasteiger partial charge in [0, 0.05) is 31.4 Å². The van der Waals surface area contributed by atoms with Crippen LogP contribution in [0.3, 0.4) is 0 Å². The lowest BCUT2D eigenvalue weighted by Crippen LogP contribution is -2.32. The fourth-order valence-corrected chi connectivity index (χ4v) is 3.21. The van der Waals surface area contributed by atoms with Crippen molar-refractivity contribution >= 4 is 30.7 Å². The summed E-state index contributed by atoms with van der Waals surface area (Å²) in [5.74, 6) is 1.03. The molecule has 1 saturated heterocycles. The fourth-order valence-electron chi connectivity index (χ4n) is 3.21. The van der Waals surface area contributed by atoms with Crippen LogP contribution in [0.4, 0.5) is 0 Å². The van der Waals surface area contributed by atoms with Crippen molar-refractivity contribution in [2.24, 2.45) is 0 Å². The Kier molecular flexibility index (Phi) is 10.3. The van der Waals surface area contributed by atoms with Crippen molar-refractivity contribution < 1.29 is 4.79 Å². The van der Waals surface area contributed by atoms with E-state index >= 15 is 0 Å². The van der Waals surface area contributed by atoms with Crippen LogP contribution in [0.5, 0.6) is 0 Å². The number of nitrogens with one attached hydrogen (secondary N) is 2. The Labute approximate surface area is 167 Å². The molecular formula is C19H28Cl2N4O. The minimum atomic E-state index is 0. The molecule has 2 heterocycles. The third-order valence-corrected chi connectivity index (χ3v) is 4.55. The number of aryl methyl sites for hydroxylation is 2. The Morgan fingerprint density at radius 2 is 2.08 bits per heavy atom. The summed E-state index contributed by atoms with van der Waals surface area (Å²) in [6.07, 6.45) is 8.75. The molecule has 1 aromatic heterocycles. The normalized spacial score (nSPS) is 15.8. The van der Waals surface area contributed by atoms with E-state index in [0.717, 1.165) is 38.2 Å². The quantitative estimate of drug-likeness (QED) is 0.717. The number of halogens is 2. The number of amides is 1. The van der Waals surface area contributed by atoms with Crippen molar-refractivity contribution in [2.75, 3.05) is 6.54 Å². The molecule has 0 spiro atoms. The van der Waals surface area contributed by atoms with Crippen LogP contribution in [0.25, 0.3) is 0 Å². The molecule has 0 saturated carbocycles. The van der Waals surface area contributed by atoms with E-state index in [1.165, 1.54) is 12.0 Å². The van der Waals surface area contributed by atoms with E-state index in [4.69, 9.17) is 0 Å². The highest BCUT2D eigenvalue weighted by Crippen LogP contribution is 2.09. The van der Waals surface area contributed by atoms with Crippen LogP contribution in [0, 0.1) is 0 Å². The molecule has 1 amide bonds. The Morgan fingerprint density at radius 1 is 1.27 bits per heavy atom. The van der Waals surface area contributed by atoms with Gasteiger partial charge in [-0.2, -0.15) is 0 Å². The highest BCUT2D eigenvalue weighted by Gasteiger charge is 2.17. The number of rotatable bonds is 8. The standard InChI is InChI=1S/C19H26N4O.2ClH/c24-19(14-17-9-4-10-20-17)22-15-18-21-11-13-23(18)12-5-8-16-6-2-1-3-7-16;;/h1-3,6-7,11,13,17,20H,4-5,8-10,12,14-15H2,(H,22,24);2*1H. The summed E-state index contributed by atoms with van der Waals surface area (Å²) in [7, 11) is 0. The Bertz CT molecular complexity index is 642. The molecule has 1 unspecified atom stereocenters. The monoisotopic (exact) mass is 398 g/mol. The molecule has 1 aliphatic heterocycles. The molecule has 0 radical (unpaired) electrons. The lowest BCUT2D eigenvalue weighted by Gasteiger charge is -2.11. The highest BCUT2D eigenvalue weighted by atomic mass is 35.5. The SMILES string of the molecule is Cl.Cl.O=C(CC1CCCN1)NCc1nccn1CCCc1ccccc1. The zero-order chi connectivity index (χ0) is 16.6. The van der Waals surface area contributed by atoms with E-state index in [1.807, 2.05) is 18.5 Å². The van der Waals surface area contributed by atoms with E-state index in [0.29, 0.717) is 19.0 Å². The summed E-state index contributed by atoms with van der Waals surface area (Å²) in [5, 5.41) is 6.35. The molecule has 26 heavy (non-hydrogen) atoms. The van der Waals surface area contributed by atoms with Crippen molar-refractivity contribution in [2.45, 2.75) is 51.2 Å². The maximum atomic E-state index is 12.0. The number of aromatic nitrogens is 2. The van der Waals surface area contributed by atoms with Gasteiger partial charge in [-0.05, 0) is 37.8 Å². The van der Waals surface area contributed by atoms with Gasteiger partial charge in [0.2, 0.25) is 5.91 Å². The van der Waals surface area contributed by atoms with Crippen molar-refractivity contribution in [1.82, 2.24) is 20.2 Å². The number of carbonyl (C=O) groups excluding carboxylic acids is 1. The summed E-state index contributed by atoms with van der Waals surface area (Å²) >= 11 is 0. The highest BCUT2D eigenvalue weighted by molar-refractivity contribution is 5.85. The maximum Gasteiger partial charge on any atom is 0.221 e. The van der Waals surface area contributed by atoms with Crippen LogP contribution in [-0.2, 0) is 24.3 Å². The number of nitrogens with zero attached hydrogens (tertiary/aromatic N) is 2. The molecule has 5 nitrogen and oxygen atoms in total. The molecule has 7 heteroatoms. The molecule has 1 fully saturated rings. The van der Waals surface area contributed by atoms with E-state index in [9.17, 15) is 4.79 Å². The second-order valence-corrected chi connectivity index (χ2v) is 6.40. The summed E-state index contributed by atoms with van der Waals surface area (Å²) in [5.41, 5.74) is 1.36. The average molecular weight is 399 g/mol. The molecule has 1 aliphatic rings. The Balaban J connectivity index is 0.00000169. The van der Waals surface area contributed by atoms with Crippen LogP contribution in [0.1, 0.15) is 37.1 Å². The maximum absolute atomic E-state index is 12.0. The van der Waals surface area contributed by atoms with Crippen molar-refractivity contribution in [1.29, 1.82) is 0 Å². The van der Waals surface area contributed by atoms with E-state index in [1.54, 1.807) is 0 Å². The number of carbonyl (C=O) groups is 1. The minimum Gasteiger partial charge on any atom is -0.349 e. The Morgan fingerprint density at radius 3 is 2.81 bits per heavy atom. The average Bonchev–Trinajstić information content (AvgIpc) is 3.26. The van der Waals surface area contributed by atoms with Crippen LogP contribution in [0.15, 0.2) is 42.7 Å².